The van der Waals surface area contributed by atoms with Crippen molar-refractivity contribution in [1.82, 2.24) is 25.3 Å². The molecule has 0 bridgehead atoms. The number of carbonyl (C=O) groups is 1. The summed E-state index contributed by atoms with van der Waals surface area (Å²) in [7, 11) is 0. The molecule has 8 nitrogen and oxygen atoms in total. The number of hydrogen-bond donors (Lipinski definition) is 3. The van der Waals surface area contributed by atoms with Crippen LogP contribution < -0.4 is 10.6 Å². The number of pyridine rings is 1. The third-order valence-electron chi connectivity index (χ3n) is 4.40. The van der Waals surface area contributed by atoms with Crippen LogP contribution in [0.15, 0.2) is 24.8 Å². The molecule has 184 valence electrons. The summed E-state index contributed by atoms with van der Waals surface area (Å²) >= 11 is 12.9. The molecule has 0 aliphatic heterocycles. The molecule has 3 aromatic heterocycles. The highest BCUT2D eigenvalue weighted by atomic mass is 35.5. The molecule has 0 aliphatic rings. The van der Waals surface area contributed by atoms with Gasteiger partial charge in [-0.25, -0.2) is 19.9 Å². The molecule has 3 heterocycles. The minimum atomic E-state index is -4.68. The fraction of sp³-hybridized carbons (Fsp3) is 0.286. The summed E-state index contributed by atoms with van der Waals surface area (Å²) in [6.07, 6.45) is -0.913. The number of alkyl halides is 3. The van der Waals surface area contributed by atoms with Gasteiger partial charge in [-0.2, -0.15) is 13.2 Å². The van der Waals surface area contributed by atoms with Gasteiger partial charge in [-0.1, -0.05) is 29.1 Å². The third-order valence-corrected chi connectivity index (χ3v) is 6.28. The average molecular weight is 545 g/mol. The van der Waals surface area contributed by atoms with E-state index < -0.39 is 22.7 Å². The van der Waals surface area contributed by atoms with Gasteiger partial charge < -0.3 is 15.7 Å². The highest BCUT2D eigenvalue weighted by molar-refractivity contribution is 7.13. The van der Waals surface area contributed by atoms with Crippen LogP contribution in [-0.4, -0.2) is 37.6 Å². The molecule has 1 unspecified atom stereocenters. The van der Waals surface area contributed by atoms with Gasteiger partial charge in [-0.3, -0.25) is 4.79 Å². The Balaban J connectivity index is 1.64. The van der Waals surface area contributed by atoms with Crippen molar-refractivity contribution in [1.29, 1.82) is 0 Å². The van der Waals surface area contributed by atoms with Crippen LogP contribution in [0, 0.1) is 11.8 Å². The Hall–Kier alpha value is -2.82. The van der Waals surface area contributed by atoms with E-state index in [9.17, 15) is 18.0 Å². The second-order valence-corrected chi connectivity index (χ2v) is 8.77. The Bertz CT molecular complexity index is 1280. The molecule has 0 saturated carbocycles. The summed E-state index contributed by atoms with van der Waals surface area (Å²) in [6, 6.07) is 0.363. The number of aliphatic hydroxyl groups excluding tert-OH is 1. The van der Waals surface area contributed by atoms with Gasteiger partial charge in [0.15, 0.2) is 0 Å². The molecule has 3 rings (SSSR count). The first-order valence-electron chi connectivity index (χ1n) is 9.92. The maximum absolute atomic E-state index is 13.0. The number of anilines is 1. The minimum absolute atomic E-state index is 0.0692. The molecule has 0 fully saturated rings. The van der Waals surface area contributed by atoms with E-state index in [1.54, 1.807) is 0 Å². The van der Waals surface area contributed by atoms with Gasteiger partial charge >= 0.3 is 6.18 Å². The van der Waals surface area contributed by atoms with E-state index in [0.717, 1.165) is 17.5 Å². The molecule has 3 N–H and O–H groups in total. The van der Waals surface area contributed by atoms with Crippen LogP contribution >= 0.6 is 34.5 Å². The molecule has 1 amide bonds. The molecule has 0 aliphatic carbocycles. The number of rotatable bonds is 7. The van der Waals surface area contributed by atoms with Crippen LogP contribution in [0.25, 0.3) is 0 Å². The topological polar surface area (TPSA) is 113 Å². The number of thiazole rings is 1. The van der Waals surface area contributed by atoms with Gasteiger partial charge in [0.1, 0.15) is 27.7 Å². The average Bonchev–Trinajstić information content (AvgIpc) is 3.30. The molecule has 1 atom stereocenters. The van der Waals surface area contributed by atoms with Crippen molar-refractivity contribution >= 4 is 46.3 Å². The maximum atomic E-state index is 13.0. The van der Waals surface area contributed by atoms with E-state index in [2.05, 4.69) is 42.4 Å². The van der Waals surface area contributed by atoms with Crippen molar-refractivity contribution in [3.63, 3.8) is 0 Å². The third kappa shape index (κ3) is 7.09. The predicted octanol–water partition coefficient (Wildman–Crippen LogP) is 4.49. The van der Waals surface area contributed by atoms with Gasteiger partial charge in [0.05, 0.1) is 40.1 Å². The summed E-state index contributed by atoms with van der Waals surface area (Å²) < 4.78 is 39.1. The first-order valence-corrected chi connectivity index (χ1v) is 11.5. The fourth-order valence-corrected chi connectivity index (χ4v) is 3.91. The number of hydrogen-bond acceptors (Lipinski definition) is 8. The summed E-state index contributed by atoms with van der Waals surface area (Å²) in [6.45, 7) is 2.00. The molecule has 14 heteroatoms. The van der Waals surface area contributed by atoms with Crippen molar-refractivity contribution in [2.45, 2.75) is 32.1 Å². The Morgan fingerprint density at radius 3 is 2.71 bits per heavy atom. The zero-order valence-corrected chi connectivity index (χ0v) is 20.3. The predicted molar refractivity (Wildman–Crippen MR) is 125 cm³/mol. The Morgan fingerprint density at radius 1 is 1.23 bits per heavy atom. The van der Waals surface area contributed by atoms with E-state index in [0.29, 0.717) is 28.9 Å². The van der Waals surface area contributed by atoms with Crippen LogP contribution in [0.3, 0.4) is 0 Å². The van der Waals surface area contributed by atoms with Gasteiger partial charge in [-0.05, 0) is 18.9 Å². The van der Waals surface area contributed by atoms with Crippen molar-refractivity contribution in [2.75, 3.05) is 11.9 Å². The number of aromatic nitrogens is 4. The first kappa shape index (κ1) is 26.8. The van der Waals surface area contributed by atoms with E-state index in [4.69, 9.17) is 28.3 Å². The van der Waals surface area contributed by atoms with E-state index in [-0.39, 0.29) is 34.9 Å². The second-order valence-electron chi connectivity index (χ2n) is 6.92. The number of aliphatic hydroxyl groups is 1. The van der Waals surface area contributed by atoms with Crippen LogP contribution in [0.5, 0.6) is 0 Å². The number of carbonyl (C=O) groups excluding carboxylic acids is 1. The Labute approximate surface area is 212 Å². The Morgan fingerprint density at radius 2 is 2.00 bits per heavy atom. The normalized spacial score (nSPS) is 12.1. The van der Waals surface area contributed by atoms with E-state index in [1.165, 1.54) is 12.5 Å². The zero-order valence-electron chi connectivity index (χ0n) is 18.0. The van der Waals surface area contributed by atoms with Gasteiger partial charge in [0.25, 0.3) is 5.91 Å². The van der Waals surface area contributed by atoms with Crippen LogP contribution in [0.2, 0.25) is 10.0 Å². The lowest BCUT2D eigenvalue weighted by atomic mass is 10.2. The van der Waals surface area contributed by atoms with Crippen LogP contribution in [-0.2, 0) is 12.7 Å². The zero-order chi connectivity index (χ0) is 25.6. The smallest absolute Gasteiger partial charge is 0.395 e. The minimum Gasteiger partial charge on any atom is -0.395 e. The summed E-state index contributed by atoms with van der Waals surface area (Å²) in [5.41, 5.74) is -0.249. The molecule has 0 saturated heterocycles. The second kappa shape index (κ2) is 11.7. The number of nitrogens with one attached hydrogen (secondary N) is 2. The quantitative estimate of drug-likeness (QED) is 0.375. The molecular formula is C21H17Cl2F3N6O2S. The van der Waals surface area contributed by atoms with E-state index in [1.807, 2.05) is 6.92 Å². The van der Waals surface area contributed by atoms with Gasteiger partial charge in [0.2, 0.25) is 0 Å². The summed E-state index contributed by atoms with van der Waals surface area (Å²) in [4.78, 5) is 28.8. The SMILES string of the molecule is CC(NCc1ncnc(C#CCCO)c1Cl)c1ncc(C(=O)Nc2cc(C(F)(F)F)c(Cl)cn2)s1. The lowest BCUT2D eigenvalue weighted by Gasteiger charge is -2.12. The highest BCUT2D eigenvalue weighted by Gasteiger charge is 2.34. The van der Waals surface area contributed by atoms with Crippen molar-refractivity contribution < 1.29 is 23.1 Å². The lowest BCUT2D eigenvalue weighted by molar-refractivity contribution is -0.137. The first-order chi connectivity index (χ1) is 16.6. The van der Waals surface area contributed by atoms with Crippen molar-refractivity contribution in [3.05, 3.63) is 61.7 Å². The standard InChI is InChI=1S/C21H17Cl2F3N6O2S/c1-11(27-8-15-18(23)14(30-10-31-15)4-2-3-5-33)20-29-9-16(35-20)19(34)32-17-6-12(21(24,25)26)13(22)7-28-17/h6-7,9-11,27,33H,3,5,8H2,1H3,(H,28,32,34). The van der Waals surface area contributed by atoms with Crippen LogP contribution in [0.4, 0.5) is 19.0 Å². The maximum Gasteiger partial charge on any atom is 0.418 e. The van der Waals surface area contributed by atoms with E-state index >= 15 is 0 Å². The largest absolute Gasteiger partial charge is 0.418 e. The van der Waals surface area contributed by atoms with Crippen LogP contribution in [0.1, 0.15) is 51.0 Å². The number of nitrogens with zero attached hydrogens (tertiary/aromatic N) is 4. The fourth-order valence-electron chi connectivity index (χ4n) is 2.65. The number of halogens is 5. The van der Waals surface area contributed by atoms with Crippen molar-refractivity contribution in [3.8, 4) is 11.8 Å². The number of amides is 1. The molecular weight excluding hydrogens is 528 g/mol. The Kier molecular flexibility index (Phi) is 8.98. The van der Waals surface area contributed by atoms with Crippen molar-refractivity contribution in [2.24, 2.45) is 0 Å². The highest BCUT2D eigenvalue weighted by Crippen LogP contribution is 2.35. The summed E-state index contributed by atoms with van der Waals surface area (Å²) in [5.74, 6) is 4.57. The van der Waals surface area contributed by atoms with Gasteiger partial charge in [-0.15, -0.1) is 11.3 Å². The molecule has 0 radical (unpaired) electrons. The summed E-state index contributed by atoms with van der Waals surface area (Å²) in [5, 5.41) is 14.6. The molecule has 3 aromatic rings. The molecule has 35 heavy (non-hydrogen) atoms. The molecule has 0 aromatic carbocycles. The monoisotopic (exact) mass is 544 g/mol. The van der Waals surface area contributed by atoms with Gasteiger partial charge in [0, 0.05) is 19.2 Å². The molecule has 0 spiro atoms. The lowest BCUT2D eigenvalue weighted by Crippen LogP contribution is -2.19.